The maximum Gasteiger partial charge on any atom is 0.153 e. The Kier molecular flexibility index (Phi) is 5.22. The second-order valence-electron chi connectivity index (χ2n) is 3.60. The predicted molar refractivity (Wildman–Crippen MR) is 89.1 cm³/mol. The molecule has 0 heterocycles. The Hall–Kier alpha value is -0.170. The van der Waals surface area contributed by atoms with E-state index < -0.39 is 0 Å². The highest BCUT2D eigenvalue weighted by atomic mass is 79.9. The first-order chi connectivity index (χ1) is 9.01. The summed E-state index contributed by atoms with van der Waals surface area (Å²) in [6.07, 6.45) is 0.762. The molecule has 0 saturated carbocycles. The second kappa shape index (κ2) is 6.52. The molecule has 0 aliphatic heterocycles. The van der Waals surface area contributed by atoms with E-state index in [0.717, 1.165) is 19.7 Å². The second-order valence-corrected chi connectivity index (χ2v) is 7.14. The molecule has 0 amide bonds. The van der Waals surface area contributed by atoms with Crippen LogP contribution in [0.3, 0.4) is 0 Å². The van der Waals surface area contributed by atoms with Crippen LogP contribution in [-0.4, -0.2) is 6.29 Å². The monoisotopic (exact) mass is 510 g/mol. The molecular weight excluding hydrogens is 508 g/mol. The molecule has 0 saturated heterocycles. The van der Waals surface area contributed by atoms with Gasteiger partial charge in [0, 0.05) is 8.95 Å². The summed E-state index contributed by atoms with van der Waals surface area (Å²) in [5.41, 5.74) is 0.469. The number of hydrogen-bond acceptors (Lipinski definition) is 2. The van der Waals surface area contributed by atoms with Gasteiger partial charge in [0.1, 0.15) is 5.75 Å². The Bertz CT molecular complexity index is 641. The maximum absolute atomic E-state index is 11.1. The number of ether oxygens (including phenoxy) is 1. The van der Waals surface area contributed by atoms with Gasteiger partial charge in [-0.05, 0) is 62.2 Å². The first-order valence-electron chi connectivity index (χ1n) is 5.08. The summed E-state index contributed by atoms with van der Waals surface area (Å²) < 4.78 is 9.06. The summed E-state index contributed by atoms with van der Waals surface area (Å²) >= 11 is 13.5. The molecule has 0 fully saturated rings. The summed E-state index contributed by atoms with van der Waals surface area (Å²) in [5, 5.41) is 0. The summed E-state index contributed by atoms with van der Waals surface area (Å²) in [6.45, 7) is 0. The number of benzene rings is 2. The predicted octanol–water partition coefficient (Wildman–Crippen LogP) is 6.34. The van der Waals surface area contributed by atoms with E-state index >= 15 is 0 Å². The number of carbonyl (C=O) groups excluding carboxylic acids is 1. The smallest absolute Gasteiger partial charge is 0.153 e. The van der Waals surface area contributed by atoms with Crippen molar-refractivity contribution in [1.82, 2.24) is 0 Å². The van der Waals surface area contributed by atoms with Gasteiger partial charge in [-0.3, -0.25) is 4.79 Å². The van der Waals surface area contributed by atoms with Gasteiger partial charge in [0.25, 0.3) is 0 Å². The van der Waals surface area contributed by atoms with Crippen LogP contribution in [0.2, 0.25) is 0 Å². The molecule has 6 heteroatoms. The van der Waals surface area contributed by atoms with E-state index in [-0.39, 0.29) is 0 Å². The zero-order chi connectivity index (χ0) is 14.0. The van der Waals surface area contributed by atoms with E-state index in [1.165, 1.54) is 0 Å². The lowest BCUT2D eigenvalue weighted by Gasteiger charge is -2.12. The fourth-order valence-electron chi connectivity index (χ4n) is 1.44. The summed E-state index contributed by atoms with van der Waals surface area (Å²) in [6, 6.07) is 9.10. The van der Waals surface area contributed by atoms with Gasteiger partial charge in [-0.1, -0.05) is 31.9 Å². The van der Waals surface area contributed by atoms with Crippen LogP contribution < -0.4 is 4.74 Å². The van der Waals surface area contributed by atoms with E-state index in [1.54, 1.807) is 6.07 Å². The van der Waals surface area contributed by atoms with Crippen molar-refractivity contribution >= 4 is 70.0 Å². The molecule has 98 valence electrons. The van der Waals surface area contributed by atoms with Crippen LogP contribution in [0.15, 0.2) is 48.2 Å². The van der Waals surface area contributed by atoms with Crippen LogP contribution in [0.4, 0.5) is 0 Å². The van der Waals surface area contributed by atoms with Crippen LogP contribution in [0, 0.1) is 0 Å². The topological polar surface area (TPSA) is 26.3 Å². The van der Waals surface area contributed by atoms with E-state index in [9.17, 15) is 4.79 Å². The molecule has 0 aromatic heterocycles. The third-order valence-corrected chi connectivity index (χ3v) is 4.43. The van der Waals surface area contributed by atoms with Crippen molar-refractivity contribution in [2.24, 2.45) is 0 Å². The molecule has 19 heavy (non-hydrogen) atoms. The van der Waals surface area contributed by atoms with Gasteiger partial charge >= 0.3 is 0 Å². The highest BCUT2D eigenvalue weighted by Gasteiger charge is 2.12. The minimum Gasteiger partial charge on any atom is -0.454 e. The Morgan fingerprint density at radius 2 is 1.58 bits per heavy atom. The largest absolute Gasteiger partial charge is 0.454 e. The molecule has 0 aliphatic rings. The molecule has 2 aromatic carbocycles. The molecule has 0 unspecified atom stereocenters. The van der Waals surface area contributed by atoms with Gasteiger partial charge in [-0.15, -0.1) is 0 Å². The quantitative estimate of drug-likeness (QED) is 0.448. The molecule has 2 rings (SSSR count). The lowest BCUT2D eigenvalue weighted by Crippen LogP contribution is -1.93. The fraction of sp³-hybridized carbons (Fsp3) is 0. The Balaban J connectivity index is 2.46. The molecule has 0 bridgehead atoms. The van der Waals surface area contributed by atoms with Crippen molar-refractivity contribution in [2.75, 3.05) is 0 Å². The highest BCUT2D eigenvalue weighted by Crippen LogP contribution is 2.38. The molecule has 2 nitrogen and oxygen atoms in total. The van der Waals surface area contributed by atoms with Crippen LogP contribution in [-0.2, 0) is 0 Å². The van der Waals surface area contributed by atoms with E-state index in [1.807, 2.05) is 24.3 Å². The number of halogens is 4. The molecule has 2 aromatic rings. The third-order valence-electron chi connectivity index (χ3n) is 2.27. The zero-order valence-electron chi connectivity index (χ0n) is 9.29. The van der Waals surface area contributed by atoms with Crippen molar-refractivity contribution in [1.29, 1.82) is 0 Å². The van der Waals surface area contributed by atoms with E-state index in [0.29, 0.717) is 21.5 Å². The Labute approximate surface area is 144 Å². The van der Waals surface area contributed by atoms with Crippen molar-refractivity contribution in [3.8, 4) is 11.5 Å². The summed E-state index contributed by atoms with van der Waals surface area (Å²) in [7, 11) is 0. The molecule has 0 radical (unpaired) electrons. The van der Waals surface area contributed by atoms with Gasteiger partial charge in [0.05, 0.1) is 14.5 Å². The fourth-order valence-corrected chi connectivity index (χ4v) is 3.91. The van der Waals surface area contributed by atoms with Gasteiger partial charge in [-0.25, -0.2) is 0 Å². The van der Waals surface area contributed by atoms with Gasteiger partial charge in [-0.2, -0.15) is 0 Å². The van der Waals surface area contributed by atoms with Crippen LogP contribution in [0.25, 0.3) is 0 Å². The van der Waals surface area contributed by atoms with Crippen molar-refractivity contribution in [3.05, 3.63) is 53.8 Å². The average molecular weight is 514 g/mol. The SMILES string of the molecule is O=Cc1cc(Br)cc(Br)c1Oc1ccc(Br)cc1Br. The Morgan fingerprint density at radius 1 is 0.895 bits per heavy atom. The zero-order valence-corrected chi connectivity index (χ0v) is 15.6. The summed E-state index contributed by atoms with van der Waals surface area (Å²) in [5.74, 6) is 1.12. The average Bonchev–Trinajstić information content (AvgIpc) is 2.34. The third kappa shape index (κ3) is 3.68. The standard InChI is InChI=1S/C13H6Br4O2/c14-8-1-2-12(10(16)4-8)19-13-7(6-18)3-9(15)5-11(13)17/h1-6H. The minimum atomic E-state index is 0.469. The lowest BCUT2D eigenvalue weighted by atomic mass is 10.2. The van der Waals surface area contributed by atoms with Crippen LogP contribution in [0.1, 0.15) is 10.4 Å². The van der Waals surface area contributed by atoms with Crippen molar-refractivity contribution in [3.63, 3.8) is 0 Å². The number of carbonyl (C=O) groups is 1. The number of aldehydes is 1. The van der Waals surface area contributed by atoms with Gasteiger partial charge < -0.3 is 4.74 Å². The Morgan fingerprint density at radius 3 is 2.21 bits per heavy atom. The maximum atomic E-state index is 11.1. The molecule has 0 spiro atoms. The lowest BCUT2D eigenvalue weighted by molar-refractivity contribution is 0.112. The molecule has 0 atom stereocenters. The summed E-state index contributed by atoms with van der Waals surface area (Å²) in [4.78, 5) is 11.1. The van der Waals surface area contributed by atoms with Crippen molar-refractivity contribution in [2.45, 2.75) is 0 Å². The minimum absolute atomic E-state index is 0.469. The van der Waals surface area contributed by atoms with Gasteiger partial charge in [0.15, 0.2) is 12.0 Å². The highest BCUT2D eigenvalue weighted by molar-refractivity contribution is 9.11. The molecular formula is C13H6Br4O2. The van der Waals surface area contributed by atoms with Crippen LogP contribution in [0.5, 0.6) is 11.5 Å². The van der Waals surface area contributed by atoms with Crippen LogP contribution >= 0.6 is 63.7 Å². The number of hydrogen-bond donors (Lipinski definition) is 0. The molecule has 0 N–H and O–H groups in total. The first kappa shape index (κ1) is 15.2. The molecule has 0 aliphatic carbocycles. The van der Waals surface area contributed by atoms with Gasteiger partial charge in [0.2, 0.25) is 0 Å². The van der Waals surface area contributed by atoms with Crippen molar-refractivity contribution < 1.29 is 9.53 Å². The van der Waals surface area contributed by atoms with E-state index in [4.69, 9.17) is 4.74 Å². The normalized spacial score (nSPS) is 10.3. The first-order valence-corrected chi connectivity index (χ1v) is 8.25. The number of rotatable bonds is 3. The van der Waals surface area contributed by atoms with E-state index in [2.05, 4.69) is 63.7 Å².